The van der Waals surface area contributed by atoms with Crippen LogP contribution in [0.3, 0.4) is 0 Å². The van der Waals surface area contributed by atoms with Crippen molar-refractivity contribution in [1.82, 2.24) is 9.47 Å². The molecule has 1 saturated carbocycles. The second kappa shape index (κ2) is 16.1. The Bertz CT molecular complexity index is 1900. The van der Waals surface area contributed by atoms with E-state index in [1.807, 2.05) is 18.2 Å². The summed E-state index contributed by atoms with van der Waals surface area (Å²) in [6, 6.07) is 15.0. The maximum atomic E-state index is 13.7. The number of hydrogen-bond donors (Lipinski definition) is 1. The Kier molecular flexibility index (Phi) is 11.6. The van der Waals surface area contributed by atoms with Crippen molar-refractivity contribution in [2.24, 2.45) is 0 Å². The number of carbonyl (C=O) groups is 2. The third-order valence-corrected chi connectivity index (χ3v) is 12.4. The average Bonchev–Trinajstić information content (AvgIpc) is 3.83. The molecule has 2 aromatic carbocycles. The van der Waals surface area contributed by atoms with E-state index in [0.29, 0.717) is 43.5 Å². The number of amides is 1. The lowest BCUT2D eigenvalue weighted by atomic mass is 9.96. The largest absolute Gasteiger partial charge is 0.491 e. The predicted molar refractivity (Wildman–Crippen MR) is 204 cm³/mol. The molecule has 2 atom stereocenters. The zero-order valence-electron chi connectivity index (χ0n) is 28.3. The molecule has 2 aliphatic heterocycles. The van der Waals surface area contributed by atoms with E-state index in [0.717, 1.165) is 85.8 Å². The fourth-order valence-electron chi connectivity index (χ4n) is 7.27. The molecule has 3 heterocycles. The molecule has 1 N–H and O–H groups in total. The van der Waals surface area contributed by atoms with Gasteiger partial charge >= 0.3 is 5.97 Å². The number of anilines is 2. The third kappa shape index (κ3) is 7.54. The molecule has 8 nitrogen and oxygen atoms in total. The smallest absolute Gasteiger partial charge is 0.323 e. The van der Waals surface area contributed by atoms with Crippen LogP contribution in [0.15, 0.2) is 47.3 Å². The molecule has 6 rings (SSSR count). The van der Waals surface area contributed by atoms with E-state index in [1.165, 1.54) is 40.7 Å². The number of carbonyl (C=O) groups excluding carboxylic acids is 1. The minimum atomic E-state index is -1.14. The molecule has 2 unspecified atom stereocenters. The van der Waals surface area contributed by atoms with E-state index in [9.17, 15) is 19.5 Å². The Labute approximate surface area is 301 Å². The number of thiazole rings is 1. The van der Waals surface area contributed by atoms with Crippen molar-refractivity contribution in [2.75, 3.05) is 18.1 Å². The van der Waals surface area contributed by atoms with Crippen LogP contribution in [0.5, 0.6) is 5.75 Å². The molecule has 1 amide bonds. The van der Waals surface area contributed by atoms with Crippen molar-refractivity contribution in [3.8, 4) is 5.75 Å². The number of carboxylic acids is 1. The Morgan fingerprint density at radius 2 is 1.78 bits per heavy atom. The molecule has 260 valence electrons. The Hall–Kier alpha value is -3.41. The van der Waals surface area contributed by atoms with E-state index in [-0.39, 0.29) is 5.91 Å². The number of fused-ring (bicyclic) bond motifs is 3. The number of thioether (sulfide) groups is 1. The van der Waals surface area contributed by atoms with Crippen LogP contribution in [0.1, 0.15) is 102 Å². The van der Waals surface area contributed by atoms with Gasteiger partial charge in [0, 0.05) is 24.2 Å². The van der Waals surface area contributed by atoms with E-state index >= 15 is 0 Å². The molecule has 0 bridgehead atoms. The van der Waals surface area contributed by atoms with Gasteiger partial charge in [0.25, 0.3) is 11.5 Å². The number of rotatable bonds is 15. The number of carboxylic acid groups (broad SMARTS) is 1. The minimum Gasteiger partial charge on any atom is -0.491 e. The molecule has 2 fully saturated rings. The van der Waals surface area contributed by atoms with Crippen LogP contribution in [-0.4, -0.2) is 50.0 Å². The van der Waals surface area contributed by atoms with Gasteiger partial charge in [-0.25, -0.2) is 0 Å². The fraction of sp³-hybridized carbons (Fsp3) is 0.474. The predicted octanol–water partition coefficient (Wildman–Crippen LogP) is 7.12. The van der Waals surface area contributed by atoms with Gasteiger partial charge in [-0.15, -0.1) is 11.3 Å². The number of aromatic nitrogens is 1. The van der Waals surface area contributed by atoms with Gasteiger partial charge in [0.1, 0.15) is 26.2 Å². The van der Waals surface area contributed by atoms with Crippen LogP contribution in [0.2, 0.25) is 0 Å². The molecular formula is C38H45N3O5S3. The number of hydrogen-bond acceptors (Lipinski definition) is 8. The molecular weight excluding hydrogens is 675 g/mol. The van der Waals surface area contributed by atoms with Crippen molar-refractivity contribution < 1.29 is 19.4 Å². The normalized spacial score (nSPS) is 20.0. The van der Waals surface area contributed by atoms with Gasteiger partial charge in [0.15, 0.2) is 0 Å². The van der Waals surface area contributed by atoms with Gasteiger partial charge in [0.2, 0.25) is 0 Å². The molecule has 49 heavy (non-hydrogen) atoms. The quantitative estimate of drug-likeness (QED) is 0.131. The summed E-state index contributed by atoms with van der Waals surface area (Å²) >= 11 is 7.91. The number of nitrogens with zero attached hydrogens (tertiary/aromatic N) is 3. The lowest BCUT2D eigenvalue weighted by molar-refractivity contribution is -0.137. The standard InChI is InChI=1S/C38H45N3O5S3/c1-3-5-7-8-9-12-20-39-36(45)34(49-38(39)47)37-40(24-33(42)43)35(44)32(48-37)23-25-18-19-29-27(22-25)26-14-13-16-28(26)41(29)30-15-10-11-17-31(30)46-21-6-4-2/h10-11,15,17-19,22-23,26,28H,3-9,12-14,16,20-21,24H2,1-2H3,(H,42,43)/b32-23-,37-34+. The highest BCUT2D eigenvalue weighted by Crippen LogP contribution is 2.54. The third-order valence-electron chi connectivity index (χ3n) is 9.68. The van der Waals surface area contributed by atoms with Crippen molar-refractivity contribution in [3.05, 3.63) is 73.1 Å². The Morgan fingerprint density at radius 3 is 2.57 bits per heavy atom. The van der Waals surface area contributed by atoms with Crippen LogP contribution < -0.4 is 24.4 Å². The topological polar surface area (TPSA) is 92.1 Å². The molecule has 1 aromatic heterocycles. The first-order valence-electron chi connectivity index (χ1n) is 17.7. The minimum absolute atomic E-state index is 0.251. The molecule has 0 radical (unpaired) electrons. The van der Waals surface area contributed by atoms with Crippen LogP contribution in [0.4, 0.5) is 11.4 Å². The van der Waals surface area contributed by atoms with Crippen molar-refractivity contribution in [3.63, 3.8) is 0 Å². The molecule has 3 aromatic rings. The highest BCUT2D eigenvalue weighted by Gasteiger charge is 2.43. The van der Waals surface area contributed by atoms with E-state index in [2.05, 4.69) is 49.1 Å². The van der Waals surface area contributed by atoms with Crippen LogP contribution in [-0.2, 0) is 16.1 Å². The summed E-state index contributed by atoms with van der Waals surface area (Å²) in [7, 11) is 0. The summed E-state index contributed by atoms with van der Waals surface area (Å²) in [6.07, 6.45) is 13.8. The number of ether oxygens (including phenoxy) is 1. The van der Waals surface area contributed by atoms with Gasteiger partial charge in [-0.05, 0) is 67.2 Å². The maximum Gasteiger partial charge on any atom is 0.323 e. The molecule has 3 aliphatic rings. The maximum absolute atomic E-state index is 13.7. The first-order chi connectivity index (χ1) is 23.8. The summed E-state index contributed by atoms with van der Waals surface area (Å²) in [5.74, 6) is -0.119. The number of benzene rings is 2. The fourth-order valence-corrected chi connectivity index (χ4v) is 9.84. The average molecular weight is 720 g/mol. The SMILES string of the molecule is CCCCCCCCN1C(=O)/C(=c2\s/c(=C\c3ccc4c(c3)C3CCCC3N4c3ccccc3OCCCC)c(=O)n2CC(=O)O)SC1=S. The number of thiocarbonyl (C=S) groups is 1. The molecule has 0 spiro atoms. The van der Waals surface area contributed by atoms with Crippen molar-refractivity contribution in [1.29, 1.82) is 0 Å². The van der Waals surface area contributed by atoms with Crippen LogP contribution in [0, 0.1) is 0 Å². The van der Waals surface area contributed by atoms with Gasteiger partial charge in [-0.1, -0.05) is 101 Å². The van der Waals surface area contributed by atoms with E-state index in [4.69, 9.17) is 17.0 Å². The summed E-state index contributed by atoms with van der Waals surface area (Å²) in [6.45, 7) is 5.03. The molecule has 1 saturated heterocycles. The first kappa shape index (κ1) is 35.4. The summed E-state index contributed by atoms with van der Waals surface area (Å²) in [4.78, 5) is 43.6. The van der Waals surface area contributed by atoms with Gasteiger partial charge in [0.05, 0.1) is 16.8 Å². The van der Waals surface area contributed by atoms with Crippen LogP contribution in [0.25, 0.3) is 11.0 Å². The second-order valence-electron chi connectivity index (χ2n) is 13.1. The zero-order valence-corrected chi connectivity index (χ0v) is 30.8. The van der Waals surface area contributed by atoms with Gasteiger partial charge < -0.3 is 14.7 Å². The number of aliphatic carboxylic acids is 1. The molecule has 1 aliphatic carbocycles. The lowest BCUT2D eigenvalue weighted by Crippen LogP contribution is -2.35. The van der Waals surface area contributed by atoms with Crippen molar-refractivity contribution in [2.45, 2.75) is 103 Å². The lowest BCUT2D eigenvalue weighted by Gasteiger charge is -2.29. The number of unbranched alkanes of at least 4 members (excludes halogenated alkanes) is 6. The first-order valence-corrected chi connectivity index (χ1v) is 19.7. The van der Waals surface area contributed by atoms with E-state index < -0.39 is 18.1 Å². The summed E-state index contributed by atoms with van der Waals surface area (Å²) < 4.78 is 8.66. The van der Waals surface area contributed by atoms with E-state index in [1.54, 1.807) is 4.90 Å². The number of para-hydroxylation sites is 2. The highest BCUT2D eigenvalue weighted by atomic mass is 32.2. The monoisotopic (exact) mass is 719 g/mol. The second-order valence-corrected chi connectivity index (χ2v) is 15.8. The Balaban J connectivity index is 1.33. The Morgan fingerprint density at radius 1 is 1.00 bits per heavy atom. The molecule has 11 heteroatoms. The van der Waals surface area contributed by atoms with Gasteiger partial charge in [-0.3, -0.25) is 23.9 Å². The van der Waals surface area contributed by atoms with Crippen LogP contribution >= 0.6 is 35.3 Å². The van der Waals surface area contributed by atoms with Crippen molar-refractivity contribution >= 4 is 73.9 Å². The zero-order chi connectivity index (χ0) is 34.5. The summed E-state index contributed by atoms with van der Waals surface area (Å²) in [5, 5.41) is 9.71. The summed E-state index contributed by atoms with van der Waals surface area (Å²) in [5.41, 5.74) is 3.97. The highest BCUT2D eigenvalue weighted by molar-refractivity contribution is 8.30. The van der Waals surface area contributed by atoms with Gasteiger partial charge in [-0.2, -0.15) is 0 Å².